The highest BCUT2D eigenvalue weighted by atomic mass is 79.9. The molecule has 1 aliphatic rings. The van der Waals surface area contributed by atoms with E-state index in [4.69, 9.17) is 0 Å². The van der Waals surface area contributed by atoms with Crippen LogP contribution in [0.4, 0.5) is 11.4 Å². The molecule has 2 amide bonds. The van der Waals surface area contributed by atoms with E-state index in [0.29, 0.717) is 23.5 Å². The molecule has 0 atom stereocenters. The number of thiophene rings is 1. The Balaban J connectivity index is 1.87. The average Bonchev–Trinajstić information content (AvgIpc) is 3.32. The van der Waals surface area contributed by atoms with Gasteiger partial charge in [0.15, 0.2) is 0 Å². The van der Waals surface area contributed by atoms with Crippen LogP contribution >= 0.6 is 27.3 Å². The number of benzene rings is 2. The van der Waals surface area contributed by atoms with Gasteiger partial charge in [-0.15, -0.1) is 11.3 Å². The third-order valence-electron chi connectivity index (χ3n) is 4.57. The largest absolute Gasteiger partial charge is 0.337 e. The van der Waals surface area contributed by atoms with E-state index < -0.39 is 0 Å². The molecule has 0 unspecified atom stereocenters. The van der Waals surface area contributed by atoms with Crippen molar-refractivity contribution >= 4 is 56.0 Å². The fourth-order valence-corrected chi connectivity index (χ4v) is 4.34. The monoisotopic (exact) mass is 452 g/mol. The first-order chi connectivity index (χ1) is 13.6. The van der Waals surface area contributed by atoms with Crippen LogP contribution in [0.25, 0.3) is 5.57 Å². The van der Waals surface area contributed by atoms with E-state index in [1.165, 1.54) is 16.2 Å². The first kappa shape index (κ1) is 18.7. The highest BCUT2D eigenvalue weighted by Crippen LogP contribution is 2.38. The molecule has 0 fully saturated rings. The number of likely N-dealkylation sites (N-methyl/N-ethyl adjacent to an activating group) is 1. The van der Waals surface area contributed by atoms with E-state index in [1.54, 1.807) is 12.1 Å². The minimum atomic E-state index is -0.304. The van der Waals surface area contributed by atoms with E-state index in [9.17, 15) is 9.59 Å². The number of imide groups is 1. The molecule has 0 bridgehead atoms. The molecule has 0 saturated heterocycles. The Hall–Kier alpha value is -2.70. The molecule has 2 aromatic carbocycles. The number of rotatable bonds is 5. The smallest absolute Gasteiger partial charge is 0.282 e. The summed E-state index contributed by atoms with van der Waals surface area (Å²) in [6.45, 7) is 2.55. The van der Waals surface area contributed by atoms with Crippen molar-refractivity contribution in [1.29, 1.82) is 0 Å². The summed E-state index contributed by atoms with van der Waals surface area (Å²) in [4.78, 5) is 30.8. The van der Waals surface area contributed by atoms with E-state index in [0.717, 1.165) is 15.0 Å². The van der Waals surface area contributed by atoms with Crippen molar-refractivity contribution in [2.75, 3.05) is 16.3 Å². The van der Waals surface area contributed by atoms with Gasteiger partial charge in [0.05, 0.1) is 11.3 Å². The first-order valence-corrected chi connectivity index (χ1v) is 10.5. The zero-order chi connectivity index (χ0) is 19.7. The number of hydrogen-bond acceptors (Lipinski definition) is 4. The molecule has 0 saturated carbocycles. The zero-order valence-electron chi connectivity index (χ0n) is 15.1. The molecule has 4 nitrogen and oxygen atoms in total. The van der Waals surface area contributed by atoms with Crippen molar-refractivity contribution in [3.63, 3.8) is 0 Å². The number of anilines is 2. The lowest BCUT2D eigenvalue weighted by atomic mass is 10.1. The second-order valence-electron chi connectivity index (χ2n) is 6.20. The van der Waals surface area contributed by atoms with E-state index >= 15 is 0 Å². The van der Waals surface area contributed by atoms with Gasteiger partial charge in [-0.3, -0.25) is 9.59 Å². The Kier molecular flexibility index (Phi) is 5.15. The quantitative estimate of drug-likeness (QED) is 0.491. The van der Waals surface area contributed by atoms with Crippen LogP contribution in [0.1, 0.15) is 11.8 Å². The molecule has 28 heavy (non-hydrogen) atoms. The Bertz CT molecular complexity index is 1040. The third-order valence-corrected chi connectivity index (χ3v) is 5.98. The molecular weight excluding hydrogens is 436 g/mol. The second-order valence-corrected chi connectivity index (χ2v) is 8.07. The van der Waals surface area contributed by atoms with Crippen molar-refractivity contribution in [1.82, 2.24) is 0 Å². The van der Waals surface area contributed by atoms with Crippen LogP contribution in [0.2, 0.25) is 0 Å². The van der Waals surface area contributed by atoms with Gasteiger partial charge >= 0.3 is 0 Å². The van der Waals surface area contributed by atoms with Gasteiger partial charge in [-0.25, -0.2) is 4.90 Å². The molecule has 6 heteroatoms. The fraction of sp³-hybridized carbons (Fsp3) is 0.0909. The van der Waals surface area contributed by atoms with Crippen molar-refractivity contribution in [3.05, 3.63) is 87.2 Å². The highest BCUT2D eigenvalue weighted by molar-refractivity contribution is 9.10. The van der Waals surface area contributed by atoms with Crippen molar-refractivity contribution in [2.24, 2.45) is 0 Å². The van der Waals surface area contributed by atoms with Crippen LogP contribution in [-0.4, -0.2) is 18.4 Å². The SMILES string of the molecule is CCN(C1=C(c2cccs2)C(=O)N(c2ccc(Br)cc2)C1=O)c1ccccc1. The maximum atomic E-state index is 13.5. The highest BCUT2D eigenvalue weighted by Gasteiger charge is 2.42. The maximum absolute atomic E-state index is 13.5. The summed E-state index contributed by atoms with van der Waals surface area (Å²) >= 11 is 4.86. The predicted molar refractivity (Wildman–Crippen MR) is 117 cm³/mol. The summed E-state index contributed by atoms with van der Waals surface area (Å²) in [6, 6.07) is 20.7. The Morgan fingerprint density at radius 3 is 2.25 bits per heavy atom. The van der Waals surface area contributed by atoms with Gasteiger partial charge in [-0.1, -0.05) is 40.2 Å². The number of nitrogens with zero attached hydrogens (tertiary/aromatic N) is 2. The molecule has 0 spiro atoms. The molecule has 1 aliphatic heterocycles. The summed E-state index contributed by atoms with van der Waals surface area (Å²) in [6.07, 6.45) is 0. The molecular formula is C22H17BrN2O2S. The minimum absolute atomic E-state index is 0.292. The number of carbonyl (C=O) groups is 2. The number of amides is 2. The molecule has 1 aromatic heterocycles. The van der Waals surface area contributed by atoms with E-state index in [-0.39, 0.29) is 11.8 Å². The lowest BCUT2D eigenvalue weighted by Crippen LogP contribution is -2.35. The number of carbonyl (C=O) groups excluding carboxylic acids is 2. The van der Waals surface area contributed by atoms with Crippen LogP contribution in [0.5, 0.6) is 0 Å². The molecule has 2 heterocycles. The summed E-state index contributed by atoms with van der Waals surface area (Å²) in [5.74, 6) is -0.597. The summed E-state index contributed by atoms with van der Waals surface area (Å²) in [5, 5.41) is 1.92. The van der Waals surface area contributed by atoms with Gasteiger partial charge in [0.2, 0.25) is 0 Å². The van der Waals surface area contributed by atoms with Crippen LogP contribution in [0, 0.1) is 0 Å². The van der Waals surface area contributed by atoms with Gasteiger partial charge in [0.25, 0.3) is 11.8 Å². The number of halogens is 1. The van der Waals surface area contributed by atoms with Gasteiger partial charge in [0, 0.05) is 21.6 Å². The van der Waals surface area contributed by atoms with Crippen molar-refractivity contribution < 1.29 is 9.59 Å². The fourth-order valence-electron chi connectivity index (χ4n) is 3.31. The minimum Gasteiger partial charge on any atom is -0.337 e. The summed E-state index contributed by atoms with van der Waals surface area (Å²) in [5.41, 5.74) is 2.32. The molecule has 4 rings (SSSR count). The zero-order valence-corrected chi connectivity index (χ0v) is 17.5. The molecule has 0 aliphatic carbocycles. The summed E-state index contributed by atoms with van der Waals surface area (Å²) in [7, 11) is 0. The van der Waals surface area contributed by atoms with Crippen LogP contribution in [0.3, 0.4) is 0 Å². The Morgan fingerprint density at radius 1 is 0.929 bits per heavy atom. The molecule has 0 N–H and O–H groups in total. The van der Waals surface area contributed by atoms with Gasteiger partial charge in [-0.2, -0.15) is 0 Å². The second kappa shape index (κ2) is 7.73. The number of para-hydroxylation sites is 1. The van der Waals surface area contributed by atoms with Gasteiger partial charge < -0.3 is 4.90 Å². The summed E-state index contributed by atoms with van der Waals surface area (Å²) < 4.78 is 0.890. The first-order valence-electron chi connectivity index (χ1n) is 8.87. The average molecular weight is 453 g/mol. The van der Waals surface area contributed by atoms with Crippen LogP contribution < -0.4 is 9.80 Å². The number of hydrogen-bond donors (Lipinski definition) is 0. The van der Waals surface area contributed by atoms with E-state index in [2.05, 4.69) is 15.9 Å². The lowest BCUT2D eigenvalue weighted by molar-refractivity contribution is -0.120. The normalized spacial score (nSPS) is 14.1. The van der Waals surface area contributed by atoms with Crippen LogP contribution in [-0.2, 0) is 9.59 Å². The molecule has 0 radical (unpaired) electrons. The molecule has 140 valence electrons. The maximum Gasteiger partial charge on any atom is 0.282 e. The van der Waals surface area contributed by atoms with Crippen LogP contribution in [0.15, 0.2) is 82.3 Å². The van der Waals surface area contributed by atoms with Gasteiger partial charge in [0.1, 0.15) is 5.70 Å². The van der Waals surface area contributed by atoms with Gasteiger partial charge in [-0.05, 0) is 54.8 Å². The third kappa shape index (κ3) is 3.19. The topological polar surface area (TPSA) is 40.6 Å². The van der Waals surface area contributed by atoms with E-state index in [1.807, 2.05) is 71.8 Å². The standard InChI is InChI=1S/C22H17BrN2O2S/c1-2-24(16-7-4-3-5-8-16)20-19(18-9-6-14-28-18)21(26)25(22(20)27)17-12-10-15(23)11-13-17/h3-14H,2H2,1H3. The lowest BCUT2D eigenvalue weighted by Gasteiger charge is -2.24. The Labute approximate surface area is 175 Å². The predicted octanol–water partition coefficient (Wildman–Crippen LogP) is 5.32. The molecule has 3 aromatic rings. The van der Waals surface area contributed by atoms with Crippen molar-refractivity contribution in [2.45, 2.75) is 6.92 Å². The Morgan fingerprint density at radius 2 is 1.64 bits per heavy atom. The van der Waals surface area contributed by atoms with Crippen molar-refractivity contribution in [3.8, 4) is 0 Å².